The van der Waals surface area contributed by atoms with Gasteiger partial charge in [-0.3, -0.25) is 0 Å². The molecule has 0 unspecified atom stereocenters. The molecule has 0 fully saturated rings. The van der Waals surface area contributed by atoms with Crippen molar-refractivity contribution >= 4 is 12.2 Å². The fraction of sp³-hybridized carbons (Fsp3) is 0.0556. The molecule has 1 aromatic heterocycles. The SMILES string of the molecule is C[n+]1oc(-c2ccccc2)cc1C=Cc1ccccc1. The van der Waals surface area contributed by atoms with Crippen molar-refractivity contribution in [1.82, 2.24) is 0 Å². The van der Waals surface area contributed by atoms with E-state index in [0.717, 1.165) is 17.0 Å². The van der Waals surface area contributed by atoms with E-state index in [9.17, 15) is 0 Å². The second-order valence-electron chi connectivity index (χ2n) is 4.63. The van der Waals surface area contributed by atoms with Crippen molar-refractivity contribution in [3.8, 4) is 11.3 Å². The lowest BCUT2D eigenvalue weighted by molar-refractivity contribution is -0.844. The van der Waals surface area contributed by atoms with Crippen LogP contribution in [-0.4, -0.2) is 0 Å². The number of benzene rings is 2. The first-order chi connectivity index (χ1) is 9.83. The zero-order valence-electron chi connectivity index (χ0n) is 11.4. The summed E-state index contributed by atoms with van der Waals surface area (Å²) in [5, 5.41) is 0. The minimum Gasteiger partial charge on any atom is -0.236 e. The molecule has 0 aliphatic heterocycles. The fourth-order valence-corrected chi connectivity index (χ4v) is 2.09. The first-order valence-electron chi connectivity index (χ1n) is 6.62. The summed E-state index contributed by atoms with van der Waals surface area (Å²) in [4.78, 5) is 0. The van der Waals surface area contributed by atoms with Crippen LogP contribution in [0.1, 0.15) is 11.3 Å². The molecule has 2 nitrogen and oxygen atoms in total. The van der Waals surface area contributed by atoms with Crippen LogP contribution < -0.4 is 4.74 Å². The van der Waals surface area contributed by atoms with Gasteiger partial charge in [-0.25, -0.2) is 4.52 Å². The Morgan fingerprint density at radius 1 is 0.850 bits per heavy atom. The van der Waals surface area contributed by atoms with E-state index in [1.54, 1.807) is 4.74 Å². The number of aryl methyl sites for hydroxylation is 1. The molecule has 0 aliphatic carbocycles. The fourth-order valence-electron chi connectivity index (χ4n) is 2.09. The predicted molar refractivity (Wildman–Crippen MR) is 80.7 cm³/mol. The van der Waals surface area contributed by atoms with Crippen LogP contribution in [0.3, 0.4) is 0 Å². The molecular formula is C18H16NO+. The largest absolute Gasteiger partial charge is 0.255 e. The quantitative estimate of drug-likeness (QED) is 0.653. The summed E-state index contributed by atoms with van der Waals surface area (Å²) in [6, 6.07) is 22.4. The van der Waals surface area contributed by atoms with E-state index in [1.165, 1.54) is 5.56 Å². The van der Waals surface area contributed by atoms with Crippen LogP contribution in [0.2, 0.25) is 0 Å². The molecule has 0 saturated carbocycles. The minimum absolute atomic E-state index is 0.876. The van der Waals surface area contributed by atoms with Crippen molar-refractivity contribution in [3.05, 3.63) is 78.0 Å². The third-order valence-corrected chi connectivity index (χ3v) is 3.18. The van der Waals surface area contributed by atoms with Gasteiger partial charge < -0.3 is 0 Å². The average Bonchev–Trinajstić information content (AvgIpc) is 2.88. The lowest BCUT2D eigenvalue weighted by Gasteiger charge is -1.89. The van der Waals surface area contributed by atoms with Crippen LogP contribution in [0.25, 0.3) is 23.5 Å². The van der Waals surface area contributed by atoms with Gasteiger partial charge in [0.05, 0.1) is 6.07 Å². The van der Waals surface area contributed by atoms with Gasteiger partial charge in [0.25, 0.3) is 5.69 Å². The average molecular weight is 262 g/mol. The summed E-state index contributed by atoms with van der Waals surface area (Å²) in [7, 11) is 1.91. The molecule has 98 valence electrons. The minimum atomic E-state index is 0.876. The number of rotatable bonds is 3. The van der Waals surface area contributed by atoms with Crippen LogP contribution in [0.4, 0.5) is 0 Å². The third-order valence-electron chi connectivity index (χ3n) is 3.18. The molecule has 20 heavy (non-hydrogen) atoms. The summed E-state index contributed by atoms with van der Waals surface area (Å²) in [6.07, 6.45) is 4.14. The predicted octanol–water partition coefficient (Wildman–Crippen LogP) is 3.94. The summed E-state index contributed by atoms with van der Waals surface area (Å²) >= 11 is 0. The number of hydrogen-bond donors (Lipinski definition) is 0. The zero-order valence-corrected chi connectivity index (χ0v) is 11.4. The highest BCUT2D eigenvalue weighted by molar-refractivity contribution is 5.69. The molecule has 0 aliphatic rings. The van der Waals surface area contributed by atoms with Gasteiger partial charge in [-0.1, -0.05) is 60.7 Å². The lowest BCUT2D eigenvalue weighted by atomic mass is 10.1. The summed E-state index contributed by atoms with van der Waals surface area (Å²) in [6.45, 7) is 0. The van der Waals surface area contributed by atoms with Crippen molar-refractivity contribution in [2.45, 2.75) is 0 Å². The first-order valence-corrected chi connectivity index (χ1v) is 6.62. The maximum Gasteiger partial charge on any atom is 0.255 e. The van der Waals surface area contributed by atoms with Crippen molar-refractivity contribution in [1.29, 1.82) is 0 Å². The lowest BCUT2D eigenvalue weighted by Crippen LogP contribution is -2.27. The van der Waals surface area contributed by atoms with Gasteiger partial charge in [0.1, 0.15) is 0 Å². The van der Waals surface area contributed by atoms with Crippen LogP contribution in [0, 0.1) is 0 Å². The number of nitrogens with zero attached hydrogens (tertiary/aromatic N) is 1. The molecular weight excluding hydrogens is 246 g/mol. The second kappa shape index (κ2) is 5.57. The Bertz CT molecular complexity index is 712. The highest BCUT2D eigenvalue weighted by Gasteiger charge is 2.14. The Hall–Kier alpha value is -2.61. The normalized spacial score (nSPS) is 11.1. The van der Waals surface area contributed by atoms with Crippen molar-refractivity contribution < 1.29 is 9.26 Å². The van der Waals surface area contributed by atoms with E-state index in [4.69, 9.17) is 4.52 Å². The monoisotopic (exact) mass is 262 g/mol. The highest BCUT2D eigenvalue weighted by Crippen LogP contribution is 2.19. The van der Waals surface area contributed by atoms with Crippen molar-refractivity contribution in [2.75, 3.05) is 0 Å². The third kappa shape index (κ3) is 2.69. The smallest absolute Gasteiger partial charge is 0.236 e. The van der Waals surface area contributed by atoms with Crippen LogP contribution >= 0.6 is 0 Å². The molecule has 2 heteroatoms. The van der Waals surface area contributed by atoms with Gasteiger partial charge in [0.2, 0.25) is 5.76 Å². The summed E-state index contributed by atoms with van der Waals surface area (Å²) in [5.74, 6) is 0.876. The van der Waals surface area contributed by atoms with Crippen molar-refractivity contribution in [2.24, 2.45) is 7.05 Å². The number of hydrogen-bond acceptors (Lipinski definition) is 1. The van der Waals surface area contributed by atoms with Gasteiger partial charge >= 0.3 is 0 Å². The molecule has 0 amide bonds. The first kappa shape index (κ1) is 12.4. The molecule has 0 bridgehead atoms. The highest BCUT2D eigenvalue weighted by atomic mass is 16.5. The van der Waals surface area contributed by atoms with Gasteiger partial charge in [0.15, 0.2) is 7.05 Å². The maximum atomic E-state index is 5.75. The standard InChI is InChI=1S/C18H16NO/c1-19-17(13-12-15-8-4-2-5-9-15)14-18(20-19)16-10-6-3-7-11-16/h2-14H,1H3/q+1. The zero-order chi connectivity index (χ0) is 13.8. The van der Waals surface area contributed by atoms with E-state index in [1.807, 2.05) is 55.6 Å². The van der Waals surface area contributed by atoms with Gasteiger partial charge in [0, 0.05) is 11.6 Å². The number of aromatic nitrogens is 1. The molecule has 0 radical (unpaired) electrons. The summed E-state index contributed by atoms with van der Waals surface area (Å²) < 4.78 is 7.53. The Kier molecular flexibility index (Phi) is 3.46. The van der Waals surface area contributed by atoms with Crippen LogP contribution in [-0.2, 0) is 7.05 Å². The molecule has 3 aromatic rings. The van der Waals surface area contributed by atoms with Gasteiger partial charge in [-0.2, -0.15) is 0 Å². The van der Waals surface area contributed by atoms with Gasteiger partial charge in [-0.15, -0.1) is 0 Å². The Morgan fingerprint density at radius 3 is 2.20 bits per heavy atom. The molecule has 1 heterocycles. The molecule has 0 N–H and O–H groups in total. The Labute approximate surface area is 118 Å². The van der Waals surface area contributed by atoms with Crippen LogP contribution in [0.15, 0.2) is 71.3 Å². The van der Waals surface area contributed by atoms with Gasteiger partial charge in [-0.05, 0) is 16.4 Å². The second-order valence-corrected chi connectivity index (χ2v) is 4.63. The molecule has 0 saturated heterocycles. The molecule has 0 atom stereocenters. The van der Waals surface area contributed by atoms with E-state index in [0.29, 0.717) is 0 Å². The van der Waals surface area contributed by atoms with Crippen LogP contribution in [0.5, 0.6) is 0 Å². The van der Waals surface area contributed by atoms with E-state index in [2.05, 4.69) is 30.4 Å². The molecule has 3 rings (SSSR count). The Balaban J connectivity index is 1.89. The topological polar surface area (TPSA) is 17.0 Å². The summed E-state index contributed by atoms with van der Waals surface area (Å²) in [5.41, 5.74) is 3.30. The van der Waals surface area contributed by atoms with E-state index < -0.39 is 0 Å². The van der Waals surface area contributed by atoms with Crippen molar-refractivity contribution in [3.63, 3.8) is 0 Å². The molecule has 0 spiro atoms. The molecule has 2 aromatic carbocycles. The Morgan fingerprint density at radius 2 is 1.50 bits per heavy atom. The van der Waals surface area contributed by atoms with E-state index >= 15 is 0 Å². The van der Waals surface area contributed by atoms with E-state index in [-0.39, 0.29) is 0 Å². The maximum absolute atomic E-state index is 5.75.